The summed E-state index contributed by atoms with van der Waals surface area (Å²) in [5.41, 5.74) is 2.00. The highest BCUT2D eigenvalue weighted by Crippen LogP contribution is 2.61. The number of ether oxygens (including phenoxy) is 2. The summed E-state index contributed by atoms with van der Waals surface area (Å²) in [4.78, 5) is 59.4. The summed E-state index contributed by atoms with van der Waals surface area (Å²) in [6.45, 7) is 7.34. The molecule has 6 atom stereocenters. The largest absolute Gasteiger partial charge is 0.460 e. The van der Waals surface area contributed by atoms with Gasteiger partial charge in [-0.2, -0.15) is 4.89 Å². The van der Waals surface area contributed by atoms with Gasteiger partial charge in [0, 0.05) is 6.08 Å². The van der Waals surface area contributed by atoms with Crippen LogP contribution in [0.4, 0.5) is 0 Å². The number of aldehydes is 1. The Balaban J connectivity index is 0.852. The molecule has 4 bridgehead atoms. The van der Waals surface area contributed by atoms with Crippen LogP contribution in [-0.4, -0.2) is 50.4 Å². The second-order valence-electron chi connectivity index (χ2n) is 16.4. The minimum Gasteiger partial charge on any atom is -0.460 e. The summed E-state index contributed by atoms with van der Waals surface area (Å²) >= 11 is 0. The first-order chi connectivity index (χ1) is 23.1. The van der Waals surface area contributed by atoms with Crippen molar-refractivity contribution < 1.29 is 38.4 Å². The normalized spacial score (nSPS) is 38.6. The predicted molar refractivity (Wildman–Crippen MR) is 180 cm³/mol. The lowest BCUT2D eigenvalue weighted by atomic mass is 9.49. The number of rotatable bonds is 14. The van der Waals surface area contributed by atoms with E-state index in [-0.39, 0.29) is 60.8 Å². The molecule has 0 radical (unpaired) electrons. The van der Waals surface area contributed by atoms with Crippen LogP contribution in [0, 0.1) is 58.2 Å². The number of ketones is 1. The Kier molecular flexibility index (Phi) is 10.9. The average molecular weight is 663 g/mol. The fourth-order valence-corrected chi connectivity index (χ4v) is 11.2. The Morgan fingerprint density at radius 1 is 1.00 bits per heavy atom. The predicted octanol–water partition coefficient (Wildman–Crippen LogP) is 7.09. The van der Waals surface area contributed by atoms with E-state index in [2.05, 4.69) is 19.9 Å². The highest BCUT2D eigenvalue weighted by atomic mass is 17.2. The van der Waals surface area contributed by atoms with Gasteiger partial charge >= 0.3 is 11.9 Å². The number of allylic oxidation sites excluding steroid dienone is 7. The Bertz CT molecular complexity index is 1320. The highest BCUT2D eigenvalue weighted by molar-refractivity contribution is 6.01. The van der Waals surface area contributed by atoms with Gasteiger partial charge in [0.1, 0.15) is 19.5 Å². The molecule has 7 aliphatic carbocycles. The maximum absolute atomic E-state index is 12.7. The summed E-state index contributed by atoms with van der Waals surface area (Å²) in [6.07, 6.45) is 23.8. The van der Waals surface area contributed by atoms with Crippen molar-refractivity contribution in [3.05, 3.63) is 47.6 Å². The standard InChI is InChI=1S/C40H54O8/c1-26(32-10-11-39(3)23-33-27(2)16-35(42)38(33)31(25-41)8-9-34(32)39)6-4-5-7-36(43)46-14-12-45-13-15-47-48-37(44)24-40-20-28-17-29(21-40)19-30(18-28)22-40/h4-8,16,25-26,28-30,32-34,38H,9-15,17-24H2,1-3H3/b6-4-,7-5-,31-8-/t26-,28?,29?,30?,32+,33+,34-,38-,39+,40?/m0/s1. The van der Waals surface area contributed by atoms with Crippen LogP contribution in [-0.2, 0) is 38.4 Å². The van der Waals surface area contributed by atoms with E-state index in [0.717, 1.165) is 74.6 Å². The molecule has 8 nitrogen and oxygen atoms in total. The van der Waals surface area contributed by atoms with Crippen LogP contribution in [0.5, 0.6) is 0 Å². The zero-order chi connectivity index (χ0) is 33.9. The monoisotopic (exact) mass is 662 g/mol. The Morgan fingerprint density at radius 3 is 2.42 bits per heavy atom. The number of carbonyl (C=O) groups excluding carboxylic acids is 4. The lowest BCUT2D eigenvalue weighted by molar-refractivity contribution is -0.279. The van der Waals surface area contributed by atoms with Crippen LogP contribution in [0.25, 0.3) is 0 Å². The average Bonchev–Trinajstić information content (AvgIpc) is 3.48. The number of esters is 1. The molecule has 5 fully saturated rings. The van der Waals surface area contributed by atoms with Crippen LogP contribution in [0.1, 0.15) is 91.4 Å². The SMILES string of the molecule is CC1=CC(=O)[C@H]2/C(C=O)=C\C[C@H]3[C@@H]([C@@H](C)/C=C\C=C/C(=O)OCCOCCOOC(=O)CC45CC6CC(CC(C6)C4)C5)CC[C@]3(C)C[C@H]12. The van der Waals surface area contributed by atoms with E-state index in [1.165, 1.54) is 25.3 Å². The van der Waals surface area contributed by atoms with Crippen LogP contribution >= 0.6 is 0 Å². The van der Waals surface area contributed by atoms with Crippen molar-refractivity contribution in [2.45, 2.75) is 91.4 Å². The minimum atomic E-state index is -0.435. The van der Waals surface area contributed by atoms with Crippen LogP contribution < -0.4 is 0 Å². The van der Waals surface area contributed by atoms with Crippen molar-refractivity contribution in [3.63, 3.8) is 0 Å². The fraction of sp³-hybridized carbons (Fsp3) is 0.700. The molecule has 0 amide bonds. The van der Waals surface area contributed by atoms with E-state index in [4.69, 9.17) is 19.2 Å². The molecular formula is C40H54O8. The Morgan fingerprint density at radius 2 is 1.71 bits per heavy atom. The fourth-order valence-electron chi connectivity index (χ4n) is 11.2. The van der Waals surface area contributed by atoms with Crippen LogP contribution in [0.15, 0.2) is 47.6 Å². The van der Waals surface area contributed by atoms with Gasteiger partial charge in [0.2, 0.25) is 0 Å². The maximum Gasteiger partial charge on any atom is 0.342 e. The van der Waals surface area contributed by atoms with Crippen molar-refractivity contribution >= 4 is 24.0 Å². The van der Waals surface area contributed by atoms with Gasteiger partial charge in [-0.05, 0) is 135 Å². The second-order valence-corrected chi connectivity index (χ2v) is 16.4. The Labute approximate surface area is 285 Å². The van der Waals surface area contributed by atoms with Crippen molar-refractivity contribution in [1.29, 1.82) is 0 Å². The van der Waals surface area contributed by atoms with E-state index < -0.39 is 5.97 Å². The molecule has 7 aliphatic rings. The molecule has 0 unspecified atom stereocenters. The smallest absolute Gasteiger partial charge is 0.342 e. The zero-order valence-corrected chi connectivity index (χ0v) is 29.0. The van der Waals surface area contributed by atoms with Crippen molar-refractivity contribution in [3.8, 4) is 0 Å². The lowest BCUT2D eigenvalue weighted by Crippen LogP contribution is -2.47. The third kappa shape index (κ3) is 7.80. The summed E-state index contributed by atoms with van der Waals surface area (Å²) < 4.78 is 10.7. The molecule has 0 aliphatic heterocycles. The summed E-state index contributed by atoms with van der Waals surface area (Å²) in [5, 5.41) is 0. The van der Waals surface area contributed by atoms with Crippen molar-refractivity contribution in [2.24, 2.45) is 58.2 Å². The van der Waals surface area contributed by atoms with Crippen molar-refractivity contribution in [2.75, 3.05) is 26.4 Å². The van der Waals surface area contributed by atoms with Gasteiger partial charge in [0.25, 0.3) is 0 Å². The summed E-state index contributed by atoms with van der Waals surface area (Å²) in [6, 6.07) is 0. The molecule has 7 rings (SSSR count). The van der Waals surface area contributed by atoms with Gasteiger partial charge in [-0.15, -0.1) is 0 Å². The molecule has 0 spiro atoms. The number of fused-ring (bicyclic) bond motifs is 2. The number of hydrogen-bond donors (Lipinski definition) is 0. The van der Waals surface area contributed by atoms with Gasteiger partial charge in [0.15, 0.2) is 5.78 Å². The molecule has 48 heavy (non-hydrogen) atoms. The quantitative estimate of drug-likeness (QED) is 0.0369. The molecule has 262 valence electrons. The summed E-state index contributed by atoms with van der Waals surface area (Å²) in [5.74, 6) is 2.75. The topological polar surface area (TPSA) is 105 Å². The first kappa shape index (κ1) is 35.0. The van der Waals surface area contributed by atoms with E-state index in [9.17, 15) is 19.2 Å². The van der Waals surface area contributed by atoms with Gasteiger partial charge in [-0.25, -0.2) is 9.59 Å². The first-order valence-electron chi connectivity index (χ1n) is 18.4. The molecule has 0 heterocycles. The lowest BCUT2D eigenvalue weighted by Gasteiger charge is -2.56. The minimum absolute atomic E-state index is 0.0763. The van der Waals surface area contributed by atoms with Crippen LogP contribution in [0.2, 0.25) is 0 Å². The van der Waals surface area contributed by atoms with Gasteiger partial charge in [-0.1, -0.05) is 43.7 Å². The molecule has 0 aromatic heterocycles. The molecule has 0 N–H and O–H groups in total. The maximum atomic E-state index is 12.7. The summed E-state index contributed by atoms with van der Waals surface area (Å²) in [7, 11) is 0. The highest BCUT2D eigenvalue weighted by Gasteiger charge is 2.52. The molecule has 0 aromatic rings. The van der Waals surface area contributed by atoms with Gasteiger partial charge in [0.05, 0.1) is 25.6 Å². The van der Waals surface area contributed by atoms with E-state index in [0.29, 0.717) is 29.7 Å². The molecule has 0 aromatic carbocycles. The number of carbonyl (C=O) groups is 4. The third-order valence-electron chi connectivity index (χ3n) is 13.0. The number of hydrogen-bond acceptors (Lipinski definition) is 8. The Hall–Kier alpha value is -2.84. The van der Waals surface area contributed by atoms with E-state index >= 15 is 0 Å². The van der Waals surface area contributed by atoms with E-state index in [1.54, 1.807) is 12.2 Å². The zero-order valence-electron chi connectivity index (χ0n) is 29.0. The molecule has 8 heteroatoms. The van der Waals surface area contributed by atoms with Gasteiger partial charge < -0.3 is 9.47 Å². The second kappa shape index (κ2) is 15.0. The van der Waals surface area contributed by atoms with Gasteiger partial charge in [-0.3, -0.25) is 14.5 Å². The van der Waals surface area contributed by atoms with Crippen LogP contribution in [0.3, 0.4) is 0 Å². The molecule has 0 saturated heterocycles. The molecule has 5 saturated carbocycles. The molecular weight excluding hydrogens is 608 g/mol. The van der Waals surface area contributed by atoms with E-state index in [1.807, 2.05) is 19.1 Å². The third-order valence-corrected chi connectivity index (χ3v) is 13.0. The van der Waals surface area contributed by atoms with Crippen molar-refractivity contribution in [1.82, 2.24) is 0 Å². The first-order valence-corrected chi connectivity index (χ1v) is 18.4.